The zero-order valence-electron chi connectivity index (χ0n) is 10.9. The Labute approximate surface area is 117 Å². The molecule has 0 saturated heterocycles. The van der Waals surface area contributed by atoms with Gasteiger partial charge in [-0.3, -0.25) is 10.4 Å². The van der Waals surface area contributed by atoms with E-state index in [1.165, 1.54) is 5.56 Å². The maximum absolute atomic E-state index is 8.34. The number of fused-ring (bicyclic) bond motifs is 2. The molecule has 0 unspecified atom stereocenters. The molecule has 1 aliphatic heterocycles. The number of benzene rings is 2. The van der Waals surface area contributed by atoms with Crippen LogP contribution >= 0.6 is 0 Å². The normalized spacial score (nSPS) is 13.8. The largest absolute Gasteiger partial charge is 0.322 e. The second-order valence-electron chi connectivity index (χ2n) is 4.97. The van der Waals surface area contributed by atoms with Crippen molar-refractivity contribution < 1.29 is 0 Å². The van der Waals surface area contributed by atoms with Crippen LogP contribution in [0.4, 0.5) is 5.69 Å². The second kappa shape index (κ2) is 4.17. The second-order valence-corrected chi connectivity index (χ2v) is 4.97. The molecule has 0 fully saturated rings. The summed E-state index contributed by atoms with van der Waals surface area (Å²) in [5, 5.41) is 9.45. The van der Waals surface area contributed by atoms with E-state index in [1.54, 1.807) is 6.20 Å². The molecule has 3 aromatic rings. The predicted molar refractivity (Wildman–Crippen MR) is 81.2 cm³/mol. The molecule has 1 N–H and O–H groups in total. The fraction of sp³-hybridized carbons (Fsp3) is 0.0588. The molecule has 0 spiro atoms. The third-order valence-corrected chi connectivity index (χ3v) is 3.77. The first-order valence-corrected chi connectivity index (χ1v) is 6.62. The number of hydrogen-bond acceptors (Lipinski definition) is 2. The summed E-state index contributed by atoms with van der Waals surface area (Å²) < 4.78 is 0. The number of rotatable bonds is 1. The van der Waals surface area contributed by atoms with Crippen LogP contribution < -0.4 is 4.90 Å². The van der Waals surface area contributed by atoms with Crippen molar-refractivity contribution >= 4 is 22.4 Å². The van der Waals surface area contributed by atoms with Crippen LogP contribution in [0.5, 0.6) is 0 Å². The van der Waals surface area contributed by atoms with Gasteiger partial charge < -0.3 is 4.90 Å². The van der Waals surface area contributed by atoms with Gasteiger partial charge in [-0.2, -0.15) is 0 Å². The minimum Gasteiger partial charge on any atom is -0.322 e. The lowest BCUT2D eigenvalue weighted by atomic mass is 10.1. The van der Waals surface area contributed by atoms with Gasteiger partial charge in [0.15, 0.2) is 0 Å². The maximum Gasteiger partial charge on any atom is 0.133 e. The SMILES string of the molecule is N=C1c2ccccc2CN1c1ccc2ncccc2c1. The molecule has 0 amide bonds. The summed E-state index contributed by atoms with van der Waals surface area (Å²) in [6, 6.07) is 18.3. The minimum absolute atomic E-state index is 0.573. The Morgan fingerprint density at radius 3 is 2.80 bits per heavy atom. The minimum atomic E-state index is 0.573. The molecule has 1 aromatic heterocycles. The average Bonchev–Trinajstić information content (AvgIpc) is 2.84. The van der Waals surface area contributed by atoms with E-state index in [2.05, 4.69) is 23.2 Å². The first-order valence-electron chi connectivity index (χ1n) is 6.62. The molecule has 0 atom stereocenters. The Morgan fingerprint density at radius 2 is 1.90 bits per heavy atom. The van der Waals surface area contributed by atoms with Gasteiger partial charge in [-0.25, -0.2) is 0 Å². The van der Waals surface area contributed by atoms with Gasteiger partial charge in [-0.05, 0) is 29.8 Å². The van der Waals surface area contributed by atoms with Crippen LogP contribution in [0, 0.1) is 5.41 Å². The zero-order chi connectivity index (χ0) is 13.5. The molecule has 3 nitrogen and oxygen atoms in total. The Morgan fingerprint density at radius 1 is 1.00 bits per heavy atom. The van der Waals surface area contributed by atoms with E-state index in [0.29, 0.717) is 5.84 Å². The van der Waals surface area contributed by atoms with Crippen LogP contribution in [0.2, 0.25) is 0 Å². The van der Waals surface area contributed by atoms with Gasteiger partial charge in [-0.1, -0.05) is 30.3 Å². The molecule has 20 heavy (non-hydrogen) atoms. The highest BCUT2D eigenvalue weighted by Gasteiger charge is 2.24. The van der Waals surface area contributed by atoms with E-state index in [4.69, 9.17) is 5.41 Å². The molecular weight excluding hydrogens is 246 g/mol. The van der Waals surface area contributed by atoms with E-state index >= 15 is 0 Å². The van der Waals surface area contributed by atoms with Crippen molar-refractivity contribution in [2.45, 2.75) is 6.54 Å². The molecule has 96 valence electrons. The van der Waals surface area contributed by atoms with E-state index in [9.17, 15) is 0 Å². The summed E-state index contributed by atoms with van der Waals surface area (Å²) in [6.45, 7) is 0.765. The van der Waals surface area contributed by atoms with Crippen LogP contribution in [0.15, 0.2) is 60.8 Å². The number of hydrogen-bond donors (Lipinski definition) is 1. The number of amidine groups is 1. The number of pyridine rings is 1. The Balaban J connectivity index is 1.80. The van der Waals surface area contributed by atoms with E-state index in [1.807, 2.05) is 41.3 Å². The summed E-state index contributed by atoms with van der Waals surface area (Å²) in [6.07, 6.45) is 1.80. The molecule has 0 aliphatic carbocycles. The van der Waals surface area contributed by atoms with Crippen LogP contribution in [0.25, 0.3) is 10.9 Å². The number of anilines is 1. The van der Waals surface area contributed by atoms with Crippen LogP contribution in [-0.2, 0) is 6.54 Å². The number of nitrogens with zero attached hydrogens (tertiary/aromatic N) is 2. The highest BCUT2D eigenvalue weighted by molar-refractivity contribution is 6.12. The standard InChI is InChI=1S/C17H13N3/c18-17-15-6-2-1-4-13(15)11-20(17)14-7-8-16-12(10-14)5-3-9-19-16/h1-10,18H,11H2. The molecule has 0 bridgehead atoms. The topological polar surface area (TPSA) is 40.0 Å². The smallest absolute Gasteiger partial charge is 0.133 e. The van der Waals surface area contributed by atoms with Gasteiger partial charge in [0.1, 0.15) is 5.84 Å². The van der Waals surface area contributed by atoms with Crippen molar-refractivity contribution in [3.05, 3.63) is 71.9 Å². The van der Waals surface area contributed by atoms with Gasteiger partial charge in [0, 0.05) is 22.8 Å². The molecule has 2 aromatic carbocycles. The Bertz CT molecular complexity index is 823. The lowest BCUT2D eigenvalue weighted by molar-refractivity contribution is 1.05. The predicted octanol–water partition coefficient (Wildman–Crippen LogP) is 3.58. The molecule has 3 heteroatoms. The quantitative estimate of drug-likeness (QED) is 0.725. The van der Waals surface area contributed by atoms with Crippen molar-refractivity contribution in [1.29, 1.82) is 5.41 Å². The fourth-order valence-electron chi connectivity index (χ4n) is 2.74. The molecule has 1 aliphatic rings. The van der Waals surface area contributed by atoms with Gasteiger partial charge >= 0.3 is 0 Å². The van der Waals surface area contributed by atoms with Gasteiger partial charge in [-0.15, -0.1) is 0 Å². The lowest BCUT2D eigenvalue weighted by Gasteiger charge is -2.18. The van der Waals surface area contributed by atoms with Crippen molar-refractivity contribution in [3.63, 3.8) is 0 Å². The van der Waals surface area contributed by atoms with Gasteiger partial charge in [0.05, 0.1) is 12.1 Å². The van der Waals surface area contributed by atoms with Crippen molar-refractivity contribution in [2.24, 2.45) is 0 Å². The lowest BCUT2D eigenvalue weighted by Crippen LogP contribution is -2.22. The average molecular weight is 259 g/mol. The van der Waals surface area contributed by atoms with Crippen LogP contribution in [0.3, 0.4) is 0 Å². The zero-order valence-corrected chi connectivity index (χ0v) is 10.9. The Kier molecular flexibility index (Phi) is 2.33. The third-order valence-electron chi connectivity index (χ3n) is 3.77. The van der Waals surface area contributed by atoms with Gasteiger partial charge in [0.2, 0.25) is 0 Å². The van der Waals surface area contributed by atoms with Crippen molar-refractivity contribution in [3.8, 4) is 0 Å². The fourth-order valence-corrected chi connectivity index (χ4v) is 2.74. The van der Waals surface area contributed by atoms with E-state index in [0.717, 1.165) is 28.7 Å². The summed E-state index contributed by atoms with van der Waals surface area (Å²) in [5.41, 5.74) is 4.27. The van der Waals surface area contributed by atoms with E-state index in [-0.39, 0.29) is 0 Å². The maximum atomic E-state index is 8.34. The first kappa shape index (κ1) is 11.2. The number of aromatic nitrogens is 1. The third kappa shape index (κ3) is 1.60. The molecule has 4 rings (SSSR count). The van der Waals surface area contributed by atoms with Crippen LogP contribution in [-0.4, -0.2) is 10.8 Å². The van der Waals surface area contributed by atoms with Crippen molar-refractivity contribution in [2.75, 3.05) is 4.90 Å². The summed E-state index contributed by atoms with van der Waals surface area (Å²) >= 11 is 0. The summed E-state index contributed by atoms with van der Waals surface area (Å²) in [4.78, 5) is 6.37. The summed E-state index contributed by atoms with van der Waals surface area (Å²) in [7, 11) is 0. The monoisotopic (exact) mass is 259 g/mol. The van der Waals surface area contributed by atoms with E-state index < -0.39 is 0 Å². The van der Waals surface area contributed by atoms with Crippen molar-refractivity contribution in [1.82, 2.24) is 4.98 Å². The Hall–Kier alpha value is -2.68. The first-order chi connectivity index (χ1) is 9.83. The van der Waals surface area contributed by atoms with Gasteiger partial charge in [0.25, 0.3) is 0 Å². The van der Waals surface area contributed by atoms with Crippen LogP contribution in [0.1, 0.15) is 11.1 Å². The highest BCUT2D eigenvalue weighted by Crippen LogP contribution is 2.29. The highest BCUT2D eigenvalue weighted by atomic mass is 15.2. The molecular formula is C17H13N3. The summed E-state index contributed by atoms with van der Waals surface area (Å²) in [5.74, 6) is 0.573. The molecule has 0 saturated carbocycles. The molecule has 2 heterocycles. The number of nitrogens with one attached hydrogen (secondary N) is 1. The molecule has 0 radical (unpaired) electrons.